The van der Waals surface area contributed by atoms with E-state index in [1.54, 1.807) is 11.8 Å². The molecule has 1 atom stereocenters. The Morgan fingerprint density at radius 2 is 2.03 bits per heavy atom. The summed E-state index contributed by atoms with van der Waals surface area (Å²) in [6.45, 7) is 5.64. The van der Waals surface area contributed by atoms with Crippen molar-refractivity contribution in [1.29, 1.82) is 0 Å². The van der Waals surface area contributed by atoms with Crippen molar-refractivity contribution >= 4 is 39.1 Å². The van der Waals surface area contributed by atoms with Gasteiger partial charge in [0.25, 0.3) is 11.5 Å². The summed E-state index contributed by atoms with van der Waals surface area (Å²) in [7, 11) is 0. The van der Waals surface area contributed by atoms with Gasteiger partial charge in [-0.25, -0.2) is 4.98 Å². The van der Waals surface area contributed by atoms with Crippen molar-refractivity contribution in [3.63, 3.8) is 0 Å². The monoisotopic (exact) mass is 411 g/mol. The third-order valence-electron chi connectivity index (χ3n) is 5.26. The van der Waals surface area contributed by atoms with Gasteiger partial charge < -0.3 is 9.64 Å². The number of aryl methyl sites for hydroxylation is 2. The summed E-state index contributed by atoms with van der Waals surface area (Å²) < 4.78 is 6.56. The van der Waals surface area contributed by atoms with E-state index >= 15 is 0 Å². The molecule has 0 radical (unpaired) electrons. The molecule has 150 valence electrons. The number of fused-ring (bicyclic) bond motifs is 2. The highest BCUT2D eigenvalue weighted by atomic mass is 32.1. The zero-order valence-corrected chi connectivity index (χ0v) is 17.3. The number of carbonyl (C=O) groups excluding carboxylic acids is 2. The van der Waals surface area contributed by atoms with E-state index in [9.17, 15) is 14.4 Å². The highest BCUT2D eigenvalue weighted by Crippen LogP contribution is 2.28. The lowest BCUT2D eigenvalue weighted by atomic mass is 10.2. The lowest BCUT2D eigenvalue weighted by Crippen LogP contribution is -2.40. The number of benzene rings is 1. The van der Waals surface area contributed by atoms with Crippen LogP contribution in [0.3, 0.4) is 0 Å². The maximum Gasteiger partial charge on any atom is 0.326 e. The zero-order valence-electron chi connectivity index (χ0n) is 16.5. The first-order valence-corrected chi connectivity index (χ1v) is 10.2. The van der Waals surface area contributed by atoms with E-state index in [0.717, 1.165) is 28.1 Å². The molecule has 1 aliphatic rings. The largest absolute Gasteiger partial charge is 0.451 e. The van der Waals surface area contributed by atoms with Gasteiger partial charge >= 0.3 is 5.97 Å². The predicted octanol–water partition coefficient (Wildman–Crippen LogP) is 2.60. The summed E-state index contributed by atoms with van der Waals surface area (Å²) in [6, 6.07) is 7.70. The molecule has 0 spiro atoms. The smallest absolute Gasteiger partial charge is 0.326 e. The van der Waals surface area contributed by atoms with Crippen molar-refractivity contribution in [2.75, 3.05) is 11.4 Å². The Kier molecular flexibility index (Phi) is 4.96. The second-order valence-corrected chi connectivity index (χ2v) is 8.34. The highest BCUT2D eigenvalue weighted by Gasteiger charge is 2.29. The minimum absolute atomic E-state index is 0.270. The maximum absolute atomic E-state index is 12.8. The first kappa shape index (κ1) is 19.3. The Labute approximate surface area is 171 Å². The van der Waals surface area contributed by atoms with E-state index in [1.807, 2.05) is 38.1 Å². The van der Waals surface area contributed by atoms with Gasteiger partial charge in [-0.3, -0.25) is 19.0 Å². The normalized spacial score (nSPS) is 14.1. The number of ether oxygens (including phenoxy) is 1. The number of para-hydroxylation sites is 1. The Morgan fingerprint density at radius 1 is 1.28 bits per heavy atom. The maximum atomic E-state index is 12.8. The molecule has 7 nitrogen and oxygen atoms in total. The van der Waals surface area contributed by atoms with Gasteiger partial charge in [0.05, 0.1) is 11.7 Å². The van der Waals surface area contributed by atoms with Gasteiger partial charge in [0.1, 0.15) is 11.4 Å². The van der Waals surface area contributed by atoms with Crippen LogP contribution in [0.4, 0.5) is 5.69 Å². The van der Waals surface area contributed by atoms with Crippen molar-refractivity contribution in [2.24, 2.45) is 0 Å². The van der Waals surface area contributed by atoms with Gasteiger partial charge in [-0.1, -0.05) is 18.2 Å². The van der Waals surface area contributed by atoms with Gasteiger partial charge in [0, 0.05) is 17.1 Å². The molecule has 0 fully saturated rings. The SMILES string of the molecule is Cc1sc2ncn(CC(=O)O[C@H](C)C(=O)N3CCc4ccccc43)c(=O)c2c1C. The first-order valence-electron chi connectivity index (χ1n) is 9.40. The molecule has 0 saturated carbocycles. The van der Waals surface area contributed by atoms with E-state index in [0.29, 0.717) is 16.8 Å². The van der Waals surface area contributed by atoms with Crippen LogP contribution in [0.1, 0.15) is 22.9 Å². The Bertz CT molecular complexity index is 1180. The fraction of sp³-hybridized carbons (Fsp3) is 0.333. The van der Waals surface area contributed by atoms with E-state index in [1.165, 1.54) is 22.2 Å². The number of aromatic nitrogens is 2. The van der Waals surface area contributed by atoms with Crippen LogP contribution in [0, 0.1) is 13.8 Å². The third kappa shape index (κ3) is 3.44. The van der Waals surface area contributed by atoms with Crippen LogP contribution in [-0.2, 0) is 27.3 Å². The number of anilines is 1. The average Bonchev–Trinajstić information content (AvgIpc) is 3.25. The lowest BCUT2D eigenvalue weighted by molar-refractivity contribution is -0.154. The Morgan fingerprint density at radius 3 is 2.83 bits per heavy atom. The lowest BCUT2D eigenvalue weighted by Gasteiger charge is -2.21. The van der Waals surface area contributed by atoms with Gasteiger partial charge in [0.2, 0.25) is 0 Å². The molecule has 3 heterocycles. The van der Waals surface area contributed by atoms with Crippen LogP contribution in [0.25, 0.3) is 10.2 Å². The molecule has 0 unspecified atom stereocenters. The fourth-order valence-corrected chi connectivity index (χ4v) is 4.58. The highest BCUT2D eigenvalue weighted by molar-refractivity contribution is 7.18. The number of nitrogens with zero attached hydrogens (tertiary/aromatic N) is 3. The zero-order chi connectivity index (χ0) is 20.7. The van der Waals surface area contributed by atoms with Crippen LogP contribution in [0.5, 0.6) is 0 Å². The molecule has 0 saturated heterocycles. The number of amides is 1. The van der Waals surface area contributed by atoms with Crippen LogP contribution < -0.4 is 10.5 Å². The van der Waals surface area contributed by atoms with Crippen molar-refractivity contribution in [2.45, 2.75) is 39.8 Å². The standard InChI is InChI=1S/C21H21N3O4S/c1-12-14(3)29-19-18(12)21(27)23(11-22-19)10-17(25)28-13(2)20(26)24-9-8-15-6-4-5-7-16(15)24/h4-7,11,13H,8-10H2,1-3H3/t13-/m1/s1. The average molecular weight is 411 g/mol. The van der Waals surface area contributed by atoms with Crippen LogP contribution in [-0.4, -0.2) is 34.1 Å². The molecule has 29 heavy (non-hydrogen) atoms. The minimum atomic E-state index is -0.939. The number of carbonyl (C=O) groups is 2. The predicted molar refractivity (Wildman–Crippen MR) is 111 cm³/mol. The summed E-state index contributed by atoms with van der Waals surface area (Å²) in [5.41, 5.74) is 2.56. The second-order valence-electron chi connectivity index (χ2n) is 7.14. The molecule has 1 aliphatic heterocycles. The van der Waals surface area contributed by atoms with Crippen molar-refractivity contribution in [3.05, 3.63) is 57.0 Å². The molecule has 2 aromatic heterocycles. The quantitative estimate of drug-likeness (QED) is 0.617. The minimum Gasteiger partial charge on any atom is -0.451 e. The number of hydrogen-bond donors (Lipinski definition) is 0. The van der Waals surface area contributed by atoms with Crippen molar-refractivity contribution in [3.8, 4) is 0 Å². The molecule has 1 amide bonds. The van der Waals surface area contributed by atoms with E-state index < -0.39 is 12.1 Å². The molecular weight excluding hydrogens is 390 g/mol. The molecule has 0 aliphatic carbocycles. The van der Waals surface area contributed by atoms with Gasteiger partial charge in [0.15, 0.2) is 6.10 Å². The number of rotatable bonds is 4. The van der Waals surface area contributed by atoms with Gasteiger partial charge in [-0.15, -0.1) is 11.3 Å². The number of thiophene rings is 1. The van der Waals surface area contributed by atoms with Crippen molar-refractivity contribution in [1.82, 2.24) is 9.55 Å². The van der Waals surface area contributed by atoms with Crippen LogP contribution in [0.2, 0.25) is 0 Å². The number of hydrogen-bond acceptors (Lipinski definition) is 6. The van der Waals surface area contributed by atoms with E-state index in [2.05, 4.69) is 4.98 Å². The summed E-state index contributed by atoms with van der Waals surface area (Å²) >= 11 is 1.45. The molecule has 4 rings (SSSR count). The molecule has 3 aromatic rings. The first-order chi connectivity index (χ1) is 13.9. The van der Waals surface area contributed by atoms with Crippen LogP contribution >= 0.6 is 11.3 Å². The van der Waals surface area contributed by atoms with Crippen LogP contribution in [0.15, 0.2) is 35.4 Å². The van der Waals surface area contributed by atoms with Crippen molar-refractivity contribution < 1.29 is 14.3 Å². The fourth-order valence-electron chi connectivity index (χ4n) is 3.59. The van der Waals surface area contributed by atoms with E-state index in [-0.39, 0.29) is 18.0 Å². The molecular formula is C21H21N3O4S. The van der Waals surface area contributed by atoms with Gasteiger partial charge in [-0.05, 0) is 44.4 Å². The molecule has 8 heteroatoms. The molecule has 0 N–H and O–H groups in total. The molecule has 0 bridgehead atoms. The summed E-state index contributed by atoms with van der Waals surface area (Å²) in [5.74, 6) is -0.917. The summed E-state index contributed by atoms with van der Waals surface area (Å²) in [4.78, 5) is 45.5. The topological polar surface area (TPSA) is 81.5 Å². The second kappa shape index (κ2) is 7.44. The Balaban J connectivity index is 1.47. The third-order valence-corrected chi connectivity index (χ3v) is 6.38. The van der Waals surface area contributed by atoms with E-state index in [4.69, 9.17) is 4.74 Å². The number of esters is 1. The molecule has 1 aromatic carbocycles. The Hall–Kier alpha value is -3.00. The summed E-state index contributed by atoms with van der Waals surface area (Å²) in [6.07, 6.45) is 1.19. The van der Waals surface area contributed by atoms with Gasteiger partial charge in [-0.2, -0.15) is 0 Å². The summed E-state index contributed by atoms with van der Waals surface area (Å²) in [5, 5.41) is 0.528.